The molecule has 1 aromatic rings. The van der Waals surface area contributed by atoms with E-state index in [2.05, 4.69) is 5.32 Å². The lowest BCUT2D eigenvalue weighted by Crippen LogP contribution is -2.51. The Morgan fingerprint density at radius 2 is 1.68 bits per heavy atom. The van der Waals surface area contributed by atoms with E-state index in [9.17, 15) is 13.2 Å². The van der Waals surface area contributed by atoms with Crippen molar-refractivity contribution in [2.24, 2.45) is 0 Å². The second-order valence-electron chi connectivity index (χ2n) is 6.97. The third-order valence-electron chi connectivity index (χ3n) is 5.00. The maximum atomic E-state index is 12.5. The van der Waals surface area contributed by atoms with Gasteiger partial charge in [0.1, 0.15) is 0 Å². The van der Waals surface area contributed by atoms with E-state index in [0.29, 0.717) is 38.8 Å². The molecule has 2 fully saturated rings. The smallest absolute Gasteiger partial charge is 0.234 e. The molecule has 0 aromatic heterocycles. The average Bonchev–Trinajstić information content (AvgIpc) is 3.08. The number of amides is 1. The molecule has 0 bridgehead atoms. The van der Waals surface area contributed by atoms with Gasteiger partial charge >= 0.3 is 0 Å². The van der Waals surface area contributed by atoms with Crippen molar-refractivity contribution < 1.29 is 13.2 Å². The summed E-state index contributed by atoms with van der Waals surface area (Å²) < 4.78 is 26.6. The Labute approximate surface area is 150 Å². The number of piperazine rings is 1. The number of carbonyl (C=O) groups is 1. The van der Waals surface area contributed by atoms with Crippen LogP contribution in [0, 0.1) is 0 Å². The zero-order chi connectivity index (χ0) is 17.7. The molecule has 6 nitrogen and oxygen atoms in total. The van der Waals surface area contributed by atoms with Crippen molar-refractivity contribution in [3.8, 4) is 0 Å². The standard InChI is InChI=1S/C18H27N3O3S/c22-18(19-17-8-4-5-9-17)14-20-10-12-21(13-11-20)25(23,24)15-16-6-2-1-3-7-16/h1-3,6-7,17H,4-5,8-15H2,(H,19,22). The van der Waals surface area contributed by atoms with Crippen LogP contribution in [0.2, 0.25) is 0 Å². The van der Waals surface area contributed by atoms with Crippen LogP contribution in [0.5, 0.6) is 0 Å². The Kier molecular flexibility index (Phi) is 6.09. The van der Waals surface area contributed by atoms with E-state index < -0.39 is 10.0 Å². The van der Waals surface area contributed by atoms with E-state index in [1.54, 1.807) is 4.31 Å². The highest BCUT2D eigenvalue weighted by molar-refractivity contribution is 7.88. The molecule has 1 saturated heterocycles. The first-order chi connectivity index (χ1) is 12.0. The monoisotopic (exact) mass is 365 g/mol. The van der Waals surface area contributed by atoms with Gasteiger partial charge in [0.15, 0.2) is 0 Å². The van der Waals surface area contributed by atoms with Crippen LogP contribution < -0.4 is 5.32 Å². The van der Waals surface area contributed by atoms with Gasteiger partial charge in [0.25, 0.3) is 0 Å². The summed E-state index contributed by atoms with van der Waals surface area (Å²) in [5, 5.41) is 3.09. The fourth-order valence-corrected chi connectivity index (χ4v) is 5.10. The zero-order valence-electron chi connectivity index (χ0n) is 14.6. The van der Waals surface area contributed by atoms with Gasteiger partial charge in [-0.15, -0.1) is 0 Å². The lowest BCUT2D eigenvalue weighted by molar-refractivity contribution is -0.123. The topological polar surface area (TPSA) is 69.7 Å². The van der Waals surface area contributed by atoms with Crippen molar-refractivity contribution in [1.29, 1.82) is 0 Å². The minimum absolute atomic E-state index is 0.0377. The summed E-state index contributed by atoms with van der Waals surface area (Å²) in [6.07, 6.45) is 4.56. The number of nitrogens with zero attached hydrogens (tertiary/aromatic N) is 2. The second kappa shape index (κ2) is 8.29. The Morgan fingerprint density at radius 3 is 2.32 bits per heavy atom. The number of nitrogens with one attached hydrogen (secondary N) is 1. The first-order valence-corrected chi connectivity index (χ1v) is 10.7. The molecule has 1 aliphatic heterocycles. The van der Waals surface area contributed by atoms with Crippen molar-refractivity contribution in [1.82, 2.24) is 14.5 Å². The predicted octanol–water partition coefficient (Wildman–Crippen LogP) is 1.19. The van der Waals surface area contributed by atoms with Crippen LogP contribution in [0.15, 0.2) is 30.3 Å². The highest BCUT2D eigenvalue weighted by Gasteiger charge is 2.28. The molecular formula is C18H27N3O3S. The Balaban J connectivity index is 1.45. The van der Waals surface area contributed by atoms with Crippen molar-refractivity contribution in [3.05, 3.63) is 35.9 Å². The normalized spacial score (nSPS) is 20.6. The van der Waals surface area contributed by atoms with E-state index >= 15 is 0 Å². The van der Waals surface area contributed by atoms with Gasteiger partial charge in [0.05, 0.1) is 12.3 Å². The van der Waals surface area contributed by atoms with Crippen molar-refractivity contribution in [3.63, 3.8) is 0 Å². The van der Waals surface area contributed by atoms with Crippen LogP contribution in [0.1, 0.15) is 31.2 Å². The Hall–Kier alpha value is -1.44. The molecule has 1 N–H and O–H groups in total. The number of carbonyl (C=O) groups excluding carboxylic acids is 1. The first kappa shape index (κ1) is 18.4. The molecule has 2 aliphatic rings. The third kappa shape index (κ3) is 5.26. The van der Waals surface area contributed by atoms with Crippen molar-refractivity contribution in [2.45, 2.75) is 37.5 Å². The molecule has 138 valence electrons. The predicted molar refractivity (Wildman–Crippen MR) is 97.5 cm³/mol. The summed E-state index contributed by atoms with van der Waals surface area (Å²) in [7, 11) is -3.30. The summed E-state index contributed by atoms with van der Waals surface area (Å²) in [5.74, 6) is 0.100. The van der Waals surface area contributed by atoms with Gasteiger partial charge < -0.3 is 5.32 Å². The van der Waals surface area contributed by atoms with E-state index in [4.69, 9.17) is 0 Å². The minimum atomic E-state index is -3.30. The van der Waals surface area contributed by atoms with Gasteiger partial charge in [-0.25, -0.2) is 8.42 Å². The molecule has 0 atom stereocenters. The van der Waals surface area contributed by atoms with E-state index in [0.717, 1.165) is 18.4 Å². The Morgan fingerprint density at radius 1 is 1.04 bits per heavy atom. The maximum Gasteiger partial charge on any atom is 0.234 e. The summed E-state index contributed by atoms with van der Waals surface area (Å²) >= 11 is 0. The van der Waals surface area contributed by atoms with Crippen LogP contribution in [-0.4, -0.2) is 62.3 Å². The SMILES string of the molecule is O=C(CN1CCN(S(=O)(=O)Cc2ccccc2)CC1)NC1CCCC1. The van der Waals surface area contributed by atoms with Crippen molar-refractivity contribution in [2.75, 3.05) is 32.7 Å². The highest BCUT2D eigenvalue weighted by atomic mass is 32.2. The molecule has 0 unspecified atom stereocenters. The van der Waals surface area contributed by atoms with E-state index in [1.807, 2.05) is 35.2 Å². The number of sulfonamides is 1. The molecule has 25 heavy (non-hydrogen) atoms. The molecule has 0 spiro atoms. The molecule has 7 heteroatoms. The maximum absolute atomic E-state index is 12.5. The molecule has 1 heterocycles. The lowest BCUT2D eigenvalue weighted by atomic mass is 10.2. The molecule has 1 aliphatic carbocycles. The number of benzene rings is 1. The quantitative estimate of drug-likeness (QED) is 0.822. The largest absolute Gasteiger partial charge is 0.352 e. The summed E-state index contributed by atoms with van der Waals surface area (Å²) in [6, 6.07) is 9.59. The van der Waals surface area contributed by atoms with Gasteiger partial charge in [-0.3, -0.25) is 9.69 Å². The summed E-state index contributed by atoms with van der Waals surface area (Å²) in [4.78, 5) is 14.1. The van der Waals surface area contributed by atoms with Crippen LogP contribution in [0.3, 0.4) is 0 Å². The zero-order valence-corrected chi connectivity index (χ0v) is 15.4. The average molecular weight is 365 g/mol. The molecule has 1 aromatic carbocycles. The van der Waals surface area contributed by atoms with E-state index in [-0.39, 0.29) is 11.7 Å². The first-order valence-electron chi connectivity index (χ1n) is 9.06. The van der Waals surface area contributed by atoms with Gasteiger partial charge in [-0.05, 0) is 18.4 Å². The molecule has 0 radical (unpaired) electrons. The number of rotatable bonds is 6. The summed E-state index contributed by atoms with van der Waals surface area (Å²) in [6.45, 7) is 2.47. The van der Waals surface area contributed by atoms with Crippen molar-refractivity contribution >= 4 is 15.9 Å². The minimum Gasteiger partial charge on any atom is -0.352 e. The molecular weight excluding hydrogens is 338 g/mol. The number of hydrogen-bond donors (Lipinski definition) is 1. The van der Waals surface area contributed by atoms with Crippen LogP contribution in [0.4, 0.5) is 0 Å². The lowest BCUT2D eigenvalue weighted by Gasteiger charge is -2.33. The van der Waals surface area contributed by atoms with Crippen LogP contribution in [0.25, 0.3) is 0 Å². The molecule has 1 amide bonds. The third-order valence-corrected chi connectivity index (χ3v) is 6.85. The summed E-state index contributed by atoms with van der Waals surface area (Å²) in [5.41, 5.74) is 0.806. The van der Waals surface area contributed by atoms with Gasteiger partial charge in [0, 0.05) is 32.2 Å². The Bertz CT molecular complexity index is 664. The van der Waals surface area contributed by atoms with E-state index in [1.165, 1.54) is 12.8 Å². The highest BCUT2D eigenvalue weighted by Crippen LogP contribution is 2.18. The molecule has 3 rings (SSSR count). The van der Waals surface area contributed by atoms with Gasteiger partial charge in [-0.2, -0.15) is 4.31 Å². The van der Waals surface area contributed by atoms with Gasteiger partial charge in [0.2, 0.25) is 15.9 Å². The number of hydrogen-bond acceptors (Lipinski definition) is 4. The molecule has 1 saturated carbocycles. The fraction of sp³-hybridized carbons (Fsp3) is 0.611. The van der Waals surface area contributed by atoms with Gasteiger partial charge in [-0.1, -0.05) is 43.2 Å². The van der Waals surface area contributed by atoms with Crippen LogP contribution >= 0.6 is 0 Å². The second-order valence-corrected chi connectivity index (χ2v) is 8.93. The van der Waals surface area contributed by atoms with Crippen LogP contribution in [-0.2, 0) is 20.6 Å². The fourth-order valence-electron chi connectivity index (χ4n) is 3.59.